The van der Waals surface area contributed by atoms with Crippen LogP contribution in [0.5, 0.6) is 0 Å². The monoisotopic (exact) mass is 269 g/mol. The van der Waals surface area contributed by atoms with E-state index in [4.69, 9.17) is 21.9 Å². The number of benzene rings is 1. The molecule has 1 aromatic heterocycles. The van der Waals surface area contributed by atoms with Crippen molar-refractivity contribution in [1.29, 1.82) is 0 Å². The molecule has 0 bridgehead atoms. The first-order valence-electron chi connectivity index (χ1n) is 5.62. The summed E-state index contributed by atoms with van der Waals surface area (Å²) in [4.78, 5) is 4.13. The summed E-state index contributed by atoms with van der Waals surface area (Å²) in [6.07, 6.45) is 0.882. The van der Waals surface area contributed by atoms with Gasteiger partial charge in [-0.25, -0.2) is 4.39 Å². The number of hydrogen-bond acceptors (Lipinski definition) is 4. The van der Waals surface area contributed by atoms with Crippen molar-refractivity contribution >= 4 is 11.6 Å². The minimum atomic E-state index is -0.381. The van der Waals surface area contributed by atoms with Gasteiger partial charge in [0.05, 0.1) is 6.04 Å². The molecule has 1 unspecified atom stereocenters. The molecule has 4 nitrogen and oxygen atoms in total. The highest BCUT2D eigenvalue weighted by atomic mass is 35.5. The SMILES string of the molecule is CCC(N)c1nc(Cc2c(F)cccc2Cl)no1. The van der Waals surface area contributed by atoms with Crippen molar-refractivity contribution in [2.45, 2.75) is 25.8 Å². The van der Waals surface area contributed by atoms with Crippen molar-refractivity contribution in [3.8, 4) is 0 Å². The largest absolute Gasteiger partial charge is 0.338 e. The Labute approximate surface area is 109 Å². The Bertz CT molecular complexity index is 524. The molecule has 6 heteroatoms. The highest BCUT2D eigenvalue weighted by Gasteiger charge is 2.15. The normalized spacial score (nSPS) is 12.7. The molecule has 1 atom stereocenters. The molecular weight excluding hydrogens is 257 g/mol. The van der Waals surface area contributed by atoms with Crippen molar-refractivity contribution in [3.05, 3.63) is 46.3 Å². The topological polar surface area (TPSA) is 64.9 Å². The first-order chi connectivity index (χ1) is 8.61. The zero-order valence-corrected chi connectivity index (χ0v) is 10.6. The van der Waals surface area contributed by atoms with E-state index in [-0.39, 0.29) is 18.3 Å². The number of hydrogen-bond donors (Lipinski definition) is 1. The fraction of sp³-hybridized carbons (Fsp3) is 0.333. The van der Waals surface area contributed by atoms with E-state index in [0.717, 1.165) is 0 Å². The summed E-state index contributed by atoms with van der Waals surface area (Å²) < 4.78 is 18.6. The molecule has 0 saturated carbocycles. The highest BCUT2D eigenvalue weighted by Crippen LogP contribution is 2.22. The van der Waals surface area contributed by atoms with Crippen molar-refractivity contribution in [3.63, 3.8) is 0 Å². The summed E-state index contributed by atoms with van der Waals surface area (Å²) in [5.74, 6) is 0.356. The molecule has 1 heterocycles. The predicted octanol–water partition coefficient (Wildman–Crippen LogP) is 2.86. The number of rotatable bonds is 4. The summed E-state index contributed by atoms with van der Waals surface area (Å²) >= 11 is 5.93. The Morgan fingerprint density at radius 3 is 2.94 bits per heavy atom. The lowest BCUT2D eigenvalue weighted by Crippen LogP contribution is -2.09. The standard InChI is InChI=1S/C12H13ClFN3O/c1-2-10(15)12-16-11(17-18-12)6-7-8(13)4-3-5-9(7)14/h3-5,10H,2,6,15H2,1H3. The van der Waals surface area contributed by atoms with Gasteiger partial charge in [-0.05, 0) is 18.6 Å². The molecule has 0 aliphatic rings. The lowest BCUT2D eigenvalue weighted by atomic mass is 10.1. The number of nitrogens with zero attached hydrogens (tertiary/aromatic N) is 2. The van der Waals surface area contributed by atoms with E-state index >= 15 is 0 Å². The van der Waals surface area contributed by atoms with Crippen LogP contribution in [0.1, 0.15) is 36.7 Å². The second kappa shape index (κ2) is 5.46. The zero-order chi connectivity index (χ0) is 13.1. The summed E-state index contributed by atoms with van der Waals surface area (Å²) in [5.41, 5.74) is 6.12. The molecule has 2 rings (SSSR count). The average Bonchev–Trinajstić information content (AvgIpc) is 2.81. The molecule has 18 heavy (non-hydrogen) atoms. The van der Waals surface area contributed by atoms with Gasteiger partial charge in [0.1, 0.15) is 5.82 Å². The van der Waals surface area contributed by atoms with Crippen LogP contribution in [-0.2, 0) is 6.42 Å². The van der Waals surface area contributed by atoms with Crippen molar-refractivity contribution < 1.29 is 8.91 Å². The van der Waals surface area contributed by atoms with Crippen LogP contribution in [0.25, 0.3) is 0 Å². The van der Waals surface area contributed by atoms with Gasteiger partial charge in [-0.15, -0.1) is 0 Å². The van der Waals surface area contributed by atoms with Crippen LogP contribution < -0.4 is 5.73 Å². The van der Waals surface area contributed by atoms with Crippen LogP contribution in [0, 0.1) is 5.82 Å². The molecule has 0 aliphatic heterocycles. The van der Waals surface area contributed by atoms with Crippen molar-refractivity contribution in [2.75, 3.05) is 0 Å². The minimum absolute atomic E-state index is 0.186. The van der Waals surface area contributed by atoms with Crippen LogP contribution in [0.3, 0.4) is 0 Å². The van der Waals surface area contributed by atoms with Gasteiger partial charge in [0.25, 0.3) is 0 Å². The van der Waals surface area contributed by atoms with Crippen LogP contribution in [0.4, 0.5) is 4.39 Å². The predicted molar refractivity (Wildman–Crippen MR) is 65.7 cm³/mol. The summed E-state index contributed by atoms with van der Waals surface area (Å²) in [5, 5.41) is 4.12. The van der Waals surface area contributed by atoms with Gasteiger partial charge in [-0.3, -0.25) is 0 Å². The Morgan fingerprint density at radius 1 is 1.50 bits per heavy atom. The van der Waals surface area contributed by atoms with Gasteiger partial charge >= 0.3 is 0 Å². The summed E-state index contributed by atoms with van der Waals surface area (Å²) in [7, 11) is 0. The van der Waals surface area contributed by atoms with Gasteiger partial charge in [0.15, 0.2) is 5.82 Å². The summed E-state index contributed by atoms with van der Waals surface area (Å²) in [6.45, 7) is 1.92. The molecule has 2 N–H and O–H groups in total. The molecule has 0 fully saturated rings. The lowest BCUT2D eigenvalue weighted by molar-refractivity contribution is 0.348. The van der Waals surface area contributed by atoms with E-state index in [1.165, 1.54) is 6.07 Å². The quantitative estimate of drug-likeness (QED) is 0.927. The van der Waals surface area contributed by atoms with E-state index in [2.05, 4.69) is 10.1 Å². The van der Waals surface area contributed by atoms with Crippen molar-refractivity contribution in [2.24, 2.45) is 5.73 Å². The Morgan fingerprint density at radius 2 is 2.28 bits per heavy atom. The van der Waals surface area contributed by atoms with E-state index in [9.17, 15) is 4.39 Å². The lowest BCUT2D eigenvalue weighted by Gasteiger charge is -2.02. The van der Waals surface area contributed by atoms with Crippen molar-refractivity contribution in [1.82, 2.24) is 10.1 Å². The van der Waals surface area contributed by atoms with Gasteiger partial charge in [-0.1, -0.05) is 29.7 Å². The van der Waals surface area contributed by atoms with Crippen LogP contribution in [0.15, 0.2) is 22.7 Å². The van der Waals surface area contributed by atoms with Gasteiger partial charge in [0, 0.05) is 17.0 Å². The average molecular weight is 270 g/mol. The molecule has 0 saturated heterocycles. The fourth-order valence-corrected chi connectivity index (χ4v) is 1.75. The van der Waals surface area contributed by atoms with Gasteiger partial charge in [0.2, 0.25) is 5.89 Å². The van der Waals surface area contributed by atoms with Gasteiger partial charge in [-0.2, -0.15) is 4.98 Å². The number of aromatic nitrogens is 2. The number of nitrogens with two attached hydrogens (primary N) is 1. The number of halogens is 2. The second-order valence-corrected chi connectivity index (χ2v) is 4.35. The maximum absolute atomic E-state index is 13.6. The smallest absolute Gasteiger partial charge is 0.243 e. The second-order valence-electron chi connectivity index (χ2n) is 3.94. The third kappa shape index (κ3) is 2.68. The molecule has 0 aliphatic carbocycles. The molecular formula is C12H13ClFN3O. The Kier molecular flexibility index (Phi) is 3.93. The molecule has 96 valence electrons. The van der Waals surface area contributed by atoms with E-state index < -0.39 is 0 Å². The molecule has 2 aromatic rings. The fourth-order valence-electron chi connectivity index (χ4n) is 1.52. The third-order valence-corrected chi connectivity index (χ3v) is 2.99. The summed E-state index contributed by atoms with van der Waals surface area (Å²) in [6, 6.07) is 4.23. The van der Waals surface area contributed by atoms with Crippen LogP contribution >= 0.6 is 11.6 Å². The molecule has 1 aromatic carbocycles. The minimum Gasteiger partial charge on any atom is -0.338 e. The first-order valence-corrected chi connectivity index (χ1v) is 6.00. The van der Waals surface area contributed by atoms with Crippen LogP contribution in [-0.4, -0.2) is 10.1 Å². The van der Waals surface area contributed by atoms with E-state index in [0.29, 0.717) is 28.7 Å². The van der Waals surface area contributed by atoms with Crippen LogP contribution in [0.2, 0.25) is 5.02 Å². The Hall–Kier alpha value is -1.46. The first kappa shape index (κ1) is 13.0. The maximum atomic E-state index is 13.6. The van der Waals surface area contributed by atoms with Gasteiger partial charge < -0.3 is 10.3 Å². The maximum Gasteiger partial charge on any atom is 0.243 e. The Balaban J connectivity index is 2.21. The molecule has 0 spiro atoms. The van der Waals surface area contributed by atoms with E-state index in [1.807, 2.05) is 6.92 Å². The van der Waals surface area contributed by atoms with E-state index in [1.54, 1.807) is 12.1 Å². The zero-order valence-electron chi connectivity index (χ0n) is 9.86. The third-order valence-electron chi connectivity index (χ3n) is 2.64. The molecule has 0 radical (unpaired) electrons. The molecule has 0 amide bonds. The highest BCUT2D eigenvalue weighted by molar-refractivity contribution is 6.31.